The van der Waals surface area contributed by atoms with E-state index in [0.29, 0.717) is 55.9 Å². The maximum Gasteiger partial charge on any atom is 0.321 e. The molecule has 1 aromatic heterocycles. The van der Waals surface area contributed by atoms with Gasteiger partial charge in [0.15, 0.2) is 0 Å². The average Bonchev–Trinajstić information content (AvgIpc) is 3.27. The van der Waals surface area contributed by atoms with Gasteiger partial charge in [0, 0.05) is 57.0 Å². The topological polar surface area (TPSA) is 104 Å². The van der Waals surface area contributed by atoms with Gasteiger partial charge in [-0.05, 0) is 48.2 Å². The molecular formula is C27H35N5O4. The van der Waals surface area contributed by atoms with Crippen LogP contribution in [0.25, 0.3) is 0 Å². The van der Waals surface area contributed by atoms with Crippen LogP contribution in [0.3, 0.4) is 0 Å². The average molecular weight is 494 g/mol. The van der Waals surface area contributed by atoms with Crippen LogP contribution in [0, 0.1) is 5.92 Å². The minimum Gasteiger partial charge on any atom is -0.489 e. The molecule has 4 rings (SSSR count). The summed E-state index contributed by atoms with van der Waals surface area (Å²) in [7, 11) is 0. The largest absolute Gasteiger partial charge is 0.489 e. The van der Waals surface area contributed by atoms with Gasteiger partial charge in [-0.15, -0.1) is 0 Å². The van der Waals surface area contributed by atoms with E-state index in [2.05, 4.69) is 15.6 Å². The molecule has 0 aliphatic carbocycles. The summed E-state index contributed by atoms with van der Waals surface area (Å²) in [4.78, 5) is 44.7. The quantitative estimate of drug-likeness (QED) is 0.588. The number of anilines is 1. The van der Waals surface area contributed by atoms with Crippen LogP contribution in [0.15, 0.2) is 48.8 Å². The summed E-state index contributed by atoms with van der Waals surface area (Å²) in [5, 5.41) is 5.72. The fraction of sp³-hybridized carbons (Fsp3) is 0.481. The van der Waals surface area contributed by atoms with Crippen LogP contribution in [0.2, 0.25) is 0 Å². The third-order valence-corrected chi connectivity index (χ3v) is 6.57. The molecule has 3 heterocycles. The predicted octanol–water partition coefficient (Wildman–Crippen LogP) is 3.24. The maximum absolute atomic E-state index is 13.0. The Morgan fingerprint density at radius 2 is 1.83 bits per heavy atom. The number of carbonyl (C=O) groups is 3. The number of carbonyl (C=O) groups excluding carboxylic acids is 3. The Morgan fingerprint density at radius 1 is 1.08 bits per heavy atom. The van der Waals surface area contributed by atoms with E-state index in [1.165, 1.54) is 6.92 Å². The smallest absolute Gasteiger partial charge is 0.321 e. The number of nitrogens with one attached hydrogen (secondary N) is 2. The number of urea groups is 1. The van der Waals surface area contributed by atoms with Gasteiger partial charge >= 0.3 is 6.03 Å². The van der Waals surface area contributed by atoms with Gasteiger partial charge < -0.3 is 25.2 Å². The monoisotopic (exact) mass is 493 g/mol. The third kappa shape index (κ3) is 6.53. The zero-order valence-corrected chi connectivity index (χ0v) is 21.1. The van der Waals surface area contributed by atoms with Gasteiger partial charge in [0.25, 0.3) is 0 Å². The molecule has 0 bridgehead atoms. The van der Waals surface area contributed by atoms with Crippen LogP contribution in [-0.4, -0.2) is 71.0 Å². The second-order valence-electron chi connectivity index (χ2n) is 10.0. The molecule has 9 heteroatoms. The second kappa shape index (κ2) is 11.4. The number of benzene rings is 1. The first-order valence-electron chi connectivity index (χ1n) is 12.6. The fourth-order valence-electron chi connectivity index (χ4n) is 4.67. The summed E-state index contributed by atoms with van der Waals surface area (Å²) in [6.07, 6.45) is 4.82. The predicted molar refractivity (Wildman–Crippen MR) is 137 cm³/mol. The van der Waals surface area contributed by atoms with E-state index in [1.807, 2.05) is 56.4 Å². The zero-order valence-electron chi connectivity index (χ0n) is 21.1. The molecule has 0 saturated carbocycles. The molecule has 1 aromatic carbocycles. The van der Waals surface area contributed by atoms with Crippen LogP contribution in [0.4, 0.5) is 10.5 Å². The van der Waals surface area contributed by atoms with Crippen molar-refractivity contribution in [2.45, 2.75) is 51.7 Å². The van der Waals surface area contributed by atoms with Gasteiger partial charge in [-0.1, -0.05) is 19.9 Å². The van der Waals surface area contributed by atoms with Crippen molar-refractivity contribution < 1.29 is 19.1 Å². The molecule has 9 nitrogen and oxygen atoms in total. The molecule has 36 heavy (non-hydrogen) atoms. The molecular weight excluding hydrogens is 458 g/mol. The Labute approximate surface area is 212 Å². The molecule has 1 unspecified atom stereocenters. The van der Waals surface area contributed by atoms with E-state index in [4.69, 9.17) is 4.74 Å². The molecule has 0 radical (unpaired) electrons. The Morgan fingerprint density at radius 3 is 2.47 bits per heavy atom. The molecule has 2 aliphatic heterocycles. The van der Waals surface area contributed by atoms with Crippen molar-refractivity contribution in [2.75, 3.05) is 31.5 Å². The molecule has 2 saturated heterocycles. The number of aromatic nitrogens is 1. The molecule has 192 valence electrons. The molecule has 2 fully saturated rings. The van der Waals surface area contributed by atoms with E-state index in [9.17, 15) is 14.4 Å². The number of nitrogens with zero attached hydrogens (tertiary/aromatic N) is 3. The standard InChI is InChI=1S/C27H35N5O4/c1-18(2)13-25(29-19(3)33)26(34)31-12-10-24(17-31)36-23-8-6-22(7-9-23)30-27(35)32-15-21(16-32)20-5-4-11-28-14-20/h4-9,11,14,18,21,24-25H,10,12-13,15-17H2,1-3H3,(H,29,33)(H,30,35)/t24?,25-/m0/s1. The first kappa shape index (κ1) is 25.5. The van der Waals surface area contributed by atoms with Gasteiger partial charge in [-0.3, -0.25) is 14.6 Å². The number of ether oxygens (including phenoxy) is 1. The highest BCUT2D eigenvalue weighted by atomic mass is 16.5. The highest BCUT2D eigenvalue weighted by Crippen LogP contribution is 2.27. The SMILES string of the molecule is CC(=O)N[C@@H](CC(C)C)C(=O)N1CCC(Oc2ccc(NC(=O)N3CC(c4cccnc4)C3)cc2)C1. The summed E-state index contributed by atoms with van der Waals surface area (Å²) in [5.41, 5.74) is 1.85. The van der Waals surface area contributed by atoms with Gasteiger partial charge in [-0.25, -0.2) is 4.79 Å². The van der Waals surface area contributed by atoms with E-state index in [-0.39, 0.29) is 23.9 Å². The Hall–Kier alpha value is -3.62. The normalized spacial score (nSPS) is 18.5. The lowest BCUT2D eigenvalue weighted by Crippen LogP contribution is -2.50. The molecule has 0 spiro atoms. The Bertz CT molecular complexity index is 1050. The van der Waals surface area contributed by atoms with Gasteiger partial charge in [0.2, 0.25) is 11.8 Å². The summed E-state index contributed by atoms with van der Waals surface area (Å²) >= 11 is 0. The Kier molecular flexibility index (Phi) is 8.07. The van der Waals surface area contributed by atoms with Crippen LogP contribution in [0.5, 0.6) is 5.75 Å². The summed E-state index contributed by atoms with van der Waals surface area (Å²) in [6.45, 7) is 7.94. The van der Waals surface area contributed by atoms with E-state index >= 15 is 0 Å². The van der Waals surface area contributed by atoms with E-state index in [0.717, 1.165) is 12.0 Å². The lowest BCUT2D eigenvalue weighted by atomic mass is 9.93. The van der Waals surface area contributed by atoms with Gasteiger partial charge in [0.05, 0.1) is 6.54 Å². The number of likely N-dealkylation sites (tertiary alicyclic amines) is 2. The van der Waals surface area contributed by atoms with Crippen molar-refractivity contribution in [1.82, 2.24) is 20.1 Å². The molecule has 4 amide bonds. The lowest BCUT2D eigenvalue weighted by Gasteiger charge is -2.39. The molecule has 2 atom stereocenters. The Balaban J connectivity index is 1.23. The lowest BCUT2D eigenvalue weighted by molar-refractivity contribution is -0.135. The molecule has 2 aromatic rings. The first-order valence-corrected chi connectivity index (χ1v) is 12.6. The van der Waals surface area contributed by atoms with E-state index < -0.39 is 6.04 Å². The number of hydrogen-bond acceptors (Lipinski definition) is 5. The summed E-state index contributed by atoms with van der Waals surface area (Å²) < 4.78 is 6.09. The highest BCUT2D eigenvalue weighted by Gasteiger charge is 2.33. The first-order chi connectivity index (χ1) is 17.3. The van der Waals surface area contributed by atoms with E-state index in [1.54, 1.807) is 16.0 Å². The summed E-state index contributed by atoms with van der Waals surface area (Å²) in [6, 6.07) is 10.6. The maximum atomic E-state index is 13.0. The van der Waals surface area contributed by atoms with Crippen molar-refractivity contribution in [1.29, 1.82) is 0 Å². The minimum atomic E-state index is -0.504. The second-order valence-corrected chi connectivity index (χ2v) is 10.0. The van der Waals surface area contributed by atoms with Crippen LogP contribution >= 0.6 is 0 Å². The van der Waals surface area contributed by atoms with Crippen molar-refractivity contribution >= 4 is 23.5 Å². The van der Waals surface area contributed by atoms with Crippen molar-refractivity contribution in [3.63, 3.8) is 0 Å². The van der Waals surface area contributed by atoms with Gasteiger partial charge in [0.1, 0.15) is 17.9 Å². The molecule has 2 N–H and O–H groups in total. The van der Waals surface area contributed by atoms with Crippen molar-refractivity contribution in [3.8, 4) is 5.75 Å². The number of pyridine rings is 1. The van der Waals surface area contributed by atoms with Crippen LogP contribution < -0.4 is 15.4 Å². The van der Waals surface area contributed by atoms with Gasteiger partial charge in [-0.2, -0.15) is 0 Å². The zero-order chi connectivity index (χ0) is 25.7. The number of rotatable bonds is 8. The highest BCUT2D eigenvalue weighted by molar-refractivity contribution is 5.90. The summed E-state index contributed by atoms with van der Waals surface area (Å²) in [5.74, 6) is 1.06. The van der Waals surface area contributed by atoms with Crippen LogP contribution in [0.1, 0.15) is 45.1 Å². The number of amides is 4. The van der Waals surface area contributed by atoms with Crippen molar-refractivity contribution in [3.05, 3.63) is 54.4 Å². The molecule has 2 aliphatic rings. The van der Waals surface area contributed by atoms with Crippen LogP contribution in [-0.2, 0) is 9.59 Å². The third-order valence-electron chi connectivity index (χ3n) is 6.57. The van der Waals surface area contributed by atoms with Crippen molar-refractivity contribution in [2.24, 2.45) is 5.92 Å². The minimum absolute atomic E-state index is 0.0557. The fourth-order valence-corrected chi connectivity index (χ4v) is 4.67. The number of hydrogen-bond donors (Lipinski definition) is 2.